The van der Waals surface area contributed by atoms with E-state index in [0.29, 0.717) is 27.4 Å². The highest BCUT2D eigenvalue weighted by atomic mass is 35.5. The van der Waals surface area contributed by atoms with Crippen LogP contribution in [-0.2, 0) is 17.8 Å². The molecule has 0 fully saturated rings. The van der Waals surface area contributed by atoms with Gasteiger partial charge in [-0.1, -0.05) is 35.9 Å². The van der Waals surface area contributed by atoms with Gasteiger partial charge in [0.2, 0.25) is 5.91 Å². The largest absolute Gasteiger partial charge is 0.338 e. The van der Waals surface area contributed by atoms with Gasteiger partial charge in [-0.05, 0) is 24.3 Å². The van der Waals surface area contributed by atoms with Crippen molar-refractivity contribution in [2.45, 2.75) is 13.0 Å². The molecular formula is C21H17ClN4O2S. The van der Waals surface area contributed by atoms with Gasteiger partial charge in [0.1, 0.15) is 10.8 Å². The number of carbonyl (C=O) groups excluding carboxylic acids is 1. The van der Waals surface area contributed by atoms with Crippen molar-refractivity contribution in [3.63, 3.8) is 0 Å². The number of hydrogen-bond donors (Lipinski definition) is 1. The zero-order valence-corrected chi connectivity index (χ0v) is 17.1. The minimum atomic E-state index is -0.210. The molecule has 0 spiro atoms. The molecule has 2 aromatic carbocycles. The summed E-state index contributed by atoms with van der Waals surface area (Å²) in [5.41, 5.74) is 2.07. The Hall–Kier alpha value is -3.03. The number of halogens is 1. The second kappa shape index (κ2) is 8.14. The Morgan fingerprint density at radius 1 is 1.14 bits per heavy atom. The molecule has 0 saturated carbocycles. The highest BCUT2D eigenvalue weighted by Crippen LogP contribution is 2.25. The first-order valence-electron chi connectivity index (χ1n) is 8.92. The highest BCUT2D eigenvalue weighted by Gasteiger charge is 2.15. The molecular weight excluding hydrogens is 408 g/mol. The lowest BCUT2D eigenvalue weighted by Crippen LogP contribution is -2.29. The van der Waals surface area contributed by atoms with E-state index < -0.39 is 0 Å². The molecule has 0 atom stereocenters. The molecule has 0 bridgehead atoms. The van der Waals surface area contributed by atoms with Crippen LogP contribution in [0.25, 0.3) is 21.5 Å². The molecule has 8 heteroatoms. The summed E-state index contributed by atoms with van der Waals surface area (Å²) in [5, 5.41) is 3.92. The number of thiazole rings is 1. The van der Waals surface area contributed by atoms with Crippen molar-refractivity contribution in [3.05, 3.63) is 80.8 Å². The maximum absolute atomic E-state index is 12.6. The van der Waals surface area contributed by atoms with Crippen LogP contribution in [0.2, 0.25) is 5.02 Å². The van der Waals surface area contributed by atoms with Crippen LogP contribution in [0.5, 0.6) is 0 Å². The summed E-state index contributed by atoms with van der Waals surface area (Å²) in [6.45, 7) is 0.215. The average molecular weight is 425 g/mol. The summed E-state index contributed by atoms with van der Waals surface area (Å²) in [7, 11) is 1.68. The van der Waals surface area contributed by atoms with E-state index in [1.54, 1.807) is 25.2 Å². The van der Waals surface area contributed by atoms with Gasteiger partial charge < -0.3 is 9.88 Å². The number of hydrogen-bond acceptors (Lipinski definition) is 5. The summed E-state index contributed by atoms with van der Waals surface area (Å²) in [6, 6.07) is 14.6. The van der Waals surface area contributed by atoms with Crippen LogP contribution in [0, 0.1) is 0 Å². The van der Waals surface area contributed by atoms with Gasteiger partial charge in [-0.25, -0.2) is 9.97 Å². The van der Waals surface area contributed by atoms with E-state index in [9.17, 15) is 9.59 Å². The maximum Gasteiger partial charge on any atom is 0.258 e. The van der Waals surface area contributed by atoms with Gasteiger partial charge >= 0.3 is 0 Å². The van der Waals surface area contributed by atoms with Crippen molar-refractivity contribution in [3.8, 4) is 10.6 Å². The third kappa shape index (κ3) is 4.36. The van der Waals surface area contributed by atoms with Crippen LogP contribution in [0.15, 0.2) is 58.7 Å². The Morgan fingerprint density at radius 2 is 1.90 bits per heavy atom. The number of likely N-dealkylation sites (N-methyl/N-ethyl adjacent to an activating group) is 1. The number of aromatic amines is 1. The number of para-hydroxylation sites is 1. The number of benzene rings is 2. The fraction of sp³-hybridized carbons (Fsp3) is 0.143. The molecule has 6 nitrogen and oxygen atoms in total. The standard InChI is InChI=1S/C21H17ClN4O2S/c1-26(11-18-24-17-5-3-2-4-16(17)20(28)25-18)19(27)10-15-12-29-21(23-15)13-6-8-14(22)9-7-13/h2-9,12H,10-11H2,1H3,(H,24,25,28). The van der Waals surface area contributed by atoms with Crippen LogP contribution in [0.1, 0.15) is 11.5 Å². The number of fused-ring (bicyclic) bond motifs is 1. The Labute approximate surface area is 175 Å². The fourth-order valence-corrected chi connectivity index (χ4v) is 3.88. The number of nitrogens with one attached hydrogen (secondary N) is 1. The number of aromatic nitrogens is 3. The predicted octanol–water partition coefficient (Wildman–Crippen LogP) is 3.90. The van der Waals surface area contributed by atoms with E-state index in [0.717, 1.165) is 10.6 Å². The molecule has 1 N–H and O–H groups in total. The van der Waals surface area contributed by atoms with E-state index in [-0.39, 0.29) is 24.4 Å². The Balaban J connectivity index is 1.45. The third-order valence-electron chi connectivity index (χ3n) is 4.45. The monoisotopic (exact) mass is 424 g/mol. The first-order chi connectivity index (χ1) is 14.0. The summed E-state index contributed by atoms with van der Waals surface area (Å²) in [4.78, 5) is 38.1. The molecule has 2 heterocycles. The summed E-state index contributed by atoms with van der Waals surface area (Å²) >= 11 is 7.41. The lowest BCUT2D eigenvalue weighted by Gasteiger charge is -2.16. The van der Waals surface area contributed by atoms with E-state index in [4.69, 9.17) is 11.6 Å². The smallest absolute Gasteiger partial charge is 0.258 e. The summed E-state index contributed by atoms with van der Waals surface area (Å²) in [5.74, 6) is 0.346. The third-order valence-corrected chi connectivity index (χ3v) is 5.64. The number of H-pyrrole nitrogens is 1. The van der Waals surface area contributed by atoms with Crippen LogP contribution >= 0.6 is 22.9 Å². The number of carbonyl (C=O) groups is 1. The quantitative estimate of drug-likeness (QED) is 0.527. The van der Waals surface area contributed by atoms with Crippen LogP contribution < -0.4 is 5.56 Å². The van der Waals surface area contributed by atoms with Crippen molar-refractivity contribution >= 4 is 39.7 Å². The lowest BCUT2D eigenvalue weighted by atomic mass is 10.2. The first-order valence-corrected chi connectivity index (χ1v) is 10.2. The normalized spacial score (nSPS) is 11.0. The molecule has 1 amide bonds. The van der Waals surface area contributed by atoms with Crippen molar-refractivity contribution < 1.29 is 4.79 Å². The van der Waals surface area contributed by atoms with Crippen LogP contribution in [0.3, 0.4) is 0 Å². The van der Waals surface area contributed by atoms with Crippen LogP contribution in [0.4, 0.5) is 0 Å². The Morgan fingerprint density at radius 3 is 2.69 bits per heavy atom. The first kappa shape index (κ1) is 19.3. The molecule has 4 rings (SSSR count). The SMILES string of the molecule is CN(Cc1nc2ccccc2c(=O)[nH]1)C(=O)Cc1csc(-c2ccc(Cl)cc2)n1. The summed E-state index contributed by atoms with van der Waals surface area (Å²) in [6.07, 6.45) is 0.179. The van der Waals surface area contributed by atoms with Gasteiger partial charge in [0.05, 0.1) is 29.6 Å². The molecule has 146 valence electrons. The topological polar surface area (TPSA) is 79.0 Å². The van der Waals surface area contributed by atoms with Crippen molar-refractivity contribution in [2.24, 2.45) is 0 Å². The minimum absolute atomic E-state index is 0.103. The molecule has 0 aliphatic rings. The second-order valence-electron chi connectivity index (χ2n) is 6.61. The number of amides is 1. The molecule has 29 heavy (non-hydrogen) atoms. The fourth-order valence-electron chi connectivity index (χ4n) is 2.93. The van der Waals surface area contributed by atoms with Gasteiger partial charge in [0.15, 0.2) is 0 Å². The predicted molar refractivity (Wildman–Crippen MR) is 115 cm³/mol. The second-order valence-corrected chi connectivity index (χ2v) is 7.90. The molecule has 0 saturated heterocycles. The van der Waals surface area contributed by atoms with E-state index in [2.05, 4.69) is 15.0 Å². The molecule has 2 aromatic heterocycles. The van der Waals surface area contributed by atoms with E-state index >= 15 is 0 Å². The molecule has 0 radical (unpaired) electrons. The zero-order valence-electron chi connectivity index (χ0n) is 15.6. The van der Waals surface area contributed by atoms with Crippen LogP contribution in [-0.4, -0.2) is 32.8 Å². The van der Waals surface area contributed by atoms with Gasteiger partial charge in [-0.2, -0.15) is 0 Å². The number of rotatable bonds is 5. The molecule has 0 aliphatic carbocycles. The van der Waals surface area contributed by atoms with Gasteiger partial charge in [-0.15, -0.1) is 11.3 Å². The summed E-state index contributed by atoms with van der Waals surface area (Å²) < 4.78 is 0. The molecule has 0 aliphatic heterocycles. The van der Waals surface area contributed by atoms with Crippen molar-refractivity contribution in [1.82, 2.24) is 19.9 Å². The van der Waals surface area contributed by atoms with Gasteiger partial charge in [0.25, 0.3) is 5.56 Å². The lowest BCUT2D eigenvalue weighted by molar-refractivity contribution is -0.129. The maximum atomic E-state index is 12.6. The Bertz CT molecular complexity index is 1230. The van der Waals surface area contributed by atoms with Gasteiger partial charge in [-0.3, -0.25) is 9.59 Å². The number of nitrogens with zero attached hydrogens (tertiary/aromatic N) is 3. The minimum Gasteiger partial charge on any atom is -0.338 e. The zero-order chi connectivity index (χ0) is 20.4. The molecule has 4 aromatic rings. The van der Waals surface area contributed by atoms with E-state index in [1.165, 1.54) is 16.2 Å². The molecule has 0 unspecified atom stereocenters. The van der Waals surface area contributed by atoms with Crippen molar-refractivity contribution in [2.75, 3.05) is 7.05 Å². The Kier molecular flexibility index (Phi) is 5.42. The van der Waals surface area contributed by atoms with Gasteiger partial charge in [0, 0.05) is 23.0 Å². The highest BCUT2D eigenvalue weighted by molar-refractivity contribution is 7.13. The average Bonchev–Trinajstić information content (AvgIpc) is 3.17. The van der Waals surface area contributed by atoms with Crippen molar-refractivity contribution in [1.29, 1.82) is 0 Å². The van der Waals surface area contributed by atoms with E-state index in [1.807, 2.05) is 35.7 Å².